The molecule has 6 aromatic rings. The van der Waals surface area contributed by atoms with Crippen LogP contribution in [0.4, 0.5) is 0 Å². The monoisotopic (exact) mass is 890 g/mol. The lowest BCUT2D eigenvalue weighted by Crippen LogP contribution is -2.06. The molecule has 0 aromatic heterocycles. The maximum absolute atomic E-state index is 12.9. The van der Waals surface area contributed by atoms with Gasteiger partial charge in [-0.1, -0.05) is 157 Å². The van der Waals surface area contributed by atoms with E-state index in [0.717, 1.165) is 77.8 Å². The Kier molecular flexibility index (Phi) is 18.9. The predicted molar refractivity (Wildman–Crippen MR) is 273 cm³/mol. The van der Waals surface area contributed by atoms with Crippen LogP contribution in [0.15, 0.2) is 107 Å². The third kappa shape index (κ3) is 12.1. The smallest absolute Gasteiger partial charge is 0.150 e. The first kappa shape index (κ1) is 49.1. The summed E-state index contributed by atoms with van der Waals surface area (Å²) in [5, 5.41) is 32.8. The Morgan fingerprint density at radius 1 is 0.515 bits per heavy atom. The molecule has 1 heterocycles. The highest BCUT2D eigenvalue weighted by Gasteiger charge is 2.30. The van der Waals surface area contributed by atoms with Crippen molar-refractivity contribution in [3.05, 3.63) is 130 Å². The minimum atomic E-state index is 0.406. The van der Waals surface area contributed by atoms with Crippen molar-refractivity contribution in [2.24, 2.45) is 0 Å². The average molecular weight is 891 g/mol. The second-order valence-electron chi connectivity index (χ2n) is 17.4. The lowest BCUT2D eigenvalue weighted by Gasteiger charge is -2.29. The summed E-state index contributed by atoms with van der Waals surface area (Å²) >= 11 is 1.60. The molecule has 1 aliphatic rings. The molecule has 7 heteroatoms. The first-order valence-electron chi connectivity index (χ1n) is 24.0. The fourth-order valence-electron chi connectivity index (χ4n) is 9.16. The van der Waals surface area contributed by atoms with Gasteiger partial charge in [-0.25, -0.2) is 0 Å². The first-order chi connectivity index (χ1) is 32.4. The molecule has 1 aliphatic heterocycles. The highest BCUT2D eigenvalue weighted by Crippen LogP contribution is 2.57. The summed E-state index contributed by atoms with van der Waals surface area (Å²) in [7, 11) is 2.05. The maximum atomic E-state index is 12.9. The molecular weight excluding hydrogens is 829 g/mol. The number of hydrogen-bond donors (Lipinski definition) is 1. The van der Waals surface area contributed by atoms with E-state index >= 15 is 0 Å². The summed E-state index contributed by atoms with van der Waals surface area (Å²) in [6.07, 6.45) is 24.9. The number of benzene rings is 6. The molecule has 1 N–H and O–H groups in total. The minimum absolute atomic E-state index is 0.406. The molecule has 66 heavy (non-hydrogen) atoms. The lowest BCUT2D eigenvalue weighted by atomic mass is 9.81. The van der Waals surface area contributed by atoms with Gasteiger partial charge in [-0.2, -0.15) is 15.8 Å². The standard InChI is InChI=1S/C40H21N3O2S.C19H41N/c1-23-34(22-45)37-31(21-44)17-32(28-10-4-25(19-42)5-11-28)38-33-16-30(27-8-2-24(18-41)3-9-27)14-15-35(33)46-40(39(37)38)36(23)29-12-6-26(20-43)7-13-29;1-3-4-5-6-7-8-9-10-11-12-13-14-15-16-17-18-19-20-2/h2-17,21-22H,1H3;20H,3-19H2,1-2H3. The number of unbranched alkanes of at least 4 members (excludes halogenated alkanes) is 15. The predicted octanol–water partition coefficient (Wildman–Crippen LogP) is 16.0. The molecule has 0 bridgehead atoms. The van der Waals surface area contributed by atoms with Crippen LogP contribution in [-0.2, 0) is 0 Å². The Balaban J connectivity index is 0.000000306. The van der Waals surface area contributed by atoms with Gasteiger partial charge in [0.25, 0.3) is 0 Å². The maximum Gasteiger partial charge on any atom is 0.150 e. The molecule has 0 saturated carbocycles. The molecule has 7 rings (SSSR count). The van der Waals surface area contributed by atoms with Crippen LogP contribution >= 0.6 is 11.8 Å². The number of carbonyl (C=O) groups is 2. The molecular formula is C59H62N4O2S. The molecule has 0 amide bonds. The Morgan fingerprint density at radius 3 is 1.45 bits per heavy atom. The number of rotatable bonds is 22. The Hall–Kier alpha value is -6.30. The summed E-state index contributed by atoms with van der Waals surface area (Å²) < 4.78 is 0. The Labute approximate surface area is 397 Å². The van der Waals surface area contributed by atoms with Gasteiger partial charge in [0.15, 0.2) is 12.6 Å². The normalized spacial score (nSPS) is 11.2. The van der Waals surface area contributed by atoms with Crippen molar-refractivity contribution < 1.29 is 9.59 Å². The SMILES string of the molecule is CCCCCCCCCCCCCCCCCCNC.Cc1c(-c2ccc(C#N)cc2)c2c3c(c(-c4ccc(C#N)cc4)cc(C=O)c3c1C=O)-c1cc(-c3ccc(C#N)cc3)ccc1S2. The number of carbonyl (C=O) groups excluding carboxylic acids is 2. The number of nitriles is 3. The summed E-state index contributed by atoms with van der Waals surface area (Å²) in [6, 6.07) is 36.7. The number of hydrogen-bond acceptors (Lipinski definition) is 7. The molecule has 6 nitrogen and oxygen atoms in total. The summed E-state index contributed by atoms with van der Waals surface area (Å²) in [5.74, 6) is 0. The summed E-state index contributed by atoms with van der Waals surface area (Å²) in [4.78, 5) is 27.6. The van der Waals surface area contributed by atoms with Gasteiger partial charge < -0.3 is 5.32 Å². The minimum Gasteiger partial charge on any atom is -0.320 e. The van der Waals surface area contributed by atoms with Crippen molar-refractivity contribution in [2.45, 2.75) is 126 Å². The number of aldehydes is 2. The third-order valence-corrected chi connectivity index (χ3v) is 14.0. The van der Waals surface area contributed by atoms with Gasteiger partial charge in [0.1, 0.15) is 0 Å². The van der Waals surface area contributed by atoms with Gasteiger partial charge in [0.05, 0.1) is 34.9 Å². The van der Waals surface area contributed by atoms with Crippen molar-refractivity contribution in [3.8, 4) is 62.7 Å². The molecule has 0 radical (unpaired) electrons. The fourth-order valence-corrected chi connectivity index (χ4v) is 10.5. The van der Waals surface area contributed by atoms with E-state index in [0.29, 0.717) is 33.2 Å². The van der Waals surface area contributed by atoms with E-state index in [-0.39, 0.29) is 0 Å². The van der Waals surface area contributed by atoms with Crippen LogP contribution < -0.4 is 5.32 Å². The van der Waals surface area contributed by atoms with Gasteiger partial charge in [-0.3, -0.25) is 9.59 Å². The van der Waals surface area contributed by atoms with Gasteiger partial charge in [0.2, 0.25) is 0 Å². The zero-order valence-corrected chi connectivity index (χ0v) is 39.8. The Morgan fingerprint density at radius 2 is 0.985 bits per heavy atom. The zero-order valence-electron chi connectivity index (χ0n) is 39.0. The molecule has 6 aromatic carbocycles. The number of nitrogens with one attached hydrogen (secondary N) is 1. The third-order valence-electron chi connectivity index (χ3n) is 12.8. The van der Waals surface area contributed by atoms with Gasteiger partial charge in [-0.05, 0) is 132 Å². The van der Waals surface area contributed by atoms with Crippen LogP contribution in [0.25, 0.3) is 55.3 Å². The van der Waals surface area contributed by atoms with Crippen molar-refractivity contribution in [3.63, 3.8) is 0 Å². The van der Waals surface area contributed by atoms with Crippen LogP contribution in [0.5, 0.6) is 0 Å². The summed E-state index contributed by atoms with van der Waals surface area (Å²) in [5.41, 5.74) is 10.4. The van der Waals surface area contributed by atoms with Crippen LogP contribution in [0, 0.1) is 40.9 Å². The topological polar surface area (TPSA) is 118 Å². The van der Waals surface area contributed by atoms with Crippen molar-refractivity contribution in [2.75, 3.05) is 13.6 Å². The van der Waals surface area contributed by atoms with Gasteiger partial charge >= 0.3 is 0 Å². The zero-order chi connectivity index (χ0) is 46.7. The van der Waals surface area contributed by atoms with Crippen molar-refractivity contribution in [1.29, 1.82) is 15.8 Å². The van der Waals surface area contributed by atoms with E-state index in [9.17, 15) is 25.4 Å². The van der Waals surface area contributed by atoms with E-state index in [4.69, 9.17) is 0 Å². The molecule has 0 aliphatic carbocycles. The van der Waals surface area contributed by atoms with E-state index in [1.807, 2.05) is 56.4 Å². The van der Waals surface area contributed by atoms with Crippen molar-refractivity contribution in [1.82, 2.24) is 5.32 Å². The number of nitrogens with zero attached hydrogens (tertiary/aromatic N) is 3. The molecule has 0 unspecified atom stereocenters. The fraction of sp³-hybridized carbons (Fsp3) is 0.339. The molecule has 0 saturated heterocycles. The first-order valence-corrected chi connectivity index (χ1v) is 24.8. The van der Waals surface area contributed by atoms with E-state index < -0.39 is 0 Å². The Bertz CT molecular complexity index is 2700. The van der Waals surface area contributed by atoms with Crippen LogP contribution in [-0.4, -0.2) is 26.2 Å². The van der Waals surface area contributed by atoms with Gasteiger partial charge in [-0.15, -0.1) is 0 Å². The number of fused-ring (bicyclic) bond motifs is 2. The van der Waals surface area contributed by atoms with Gasteiger partial charge in [0, 0.05) is 31.7 Å². The van der Waals surface area contributed by atoms with E-state index in [1.165, 1.54) is 109 Å². The quantitative estimate of drug-likeness (QED) is 0.0532. The largest absolute Gasteiger partial charge is 0.320 e. The van der Waals surface area contributed by atoms with Crippen LogP contribution in [0.1, 0.15) is 153 Å². The lowest BCUT2D eigenvalue weighted by molar-refractivity contribution is 0.112. The van der Waals surface area contributed by atoms with Crippen LogP contribution in [0.2, 0.25) is 0 Å². The van der Waals surface area contributed by atoms with E-state index in [1.54, 1.807) is 48.2 Å². The molecule has 336 valence electrons. The molecule has 0 atom stereocenters. The average Bonchev–Trinajstić information content (AvgIpc) is 3.36. The second-order valence-corrected chi connectivity index (χ2v) is 18.5. The van der Waals surface area contributed by atoms with E-state index in [2.05, 4.69) is 48.6 Å². The molecule has 0 spiro atoms. The van der Waals surface area contributed by atoms with Crippen molar-refractivity contribution >= 4 is 35.1 Å². The summed E-state index contributed by atoms with van der Waals surface area (Å²) in [6.45, 7) is 5.39. The highest BCUT2D eigenvalue weighted by atomic mass is 32.2. The highest BCUT2D eigenvalue weighted by molar-refractivity contribution is 8.00. The van der Waals surface area contributed by atoms with Crippen LogP contribution in [0.3, 0.4) is 0 Å². The second kappa shape index (κ2) is 25.4. The molecule has 0 fully saturated rings.